The SMILES string of the molecule is CC(CCCO)NC(=O)c1cn[nH]c1-c1ccccc1F. The molecule has 0 saturated carbocycles. The third kappa shape index (κ3) is 3.66. The number of nitrogens with one attached hydrogen (secondary N) is 2. The Labute approximate surface area is 122 Å². The van der Waals surface area contributed by atoms with E-state index in [0.29, 0.717) is 29.7 Å². The molecule has 1 amide bonds. The molecule has 112 valence electrons. The second-order valence-electron chi connectivity index (χ2n) is 4.88. The lowest BCUT2D eigenvalue weighted by molar-refractivity contribution is 0.0937. The zero-order valence-corrected chi connectivity index (χ0v) is 11.8. The lowest BCUT2D eigenvalue weighted by Crippen LogP contribution is -2.32. The predicted molar refractivity (Wildman–Crippen MR) is 77.2 cm³/mol. The number of halogens is 1. The van der Waals surface area contributed by atoms with Gasteiger partial charge in [0.05, 0.1) is 17.5 Å². The summed E-state index contributed by atoms with van der Waals surface area (Å²) < 4.78 is 13.8. The molecule has 2 rings (SSSR count). The fraction of sp³-hybridized carbons (Fsp3) is 0.333. The van der Waals surface area contributed by atoms with Crippen LogP contribution in [0.5, 0.6) is 0 Å². The van der Waals surface area contributed by atoms with Gasteiger partial charge in [-0.3, -0.25) is 9.89 Å². The van der Waals surface area contributed by atoms with Gasteiger partial charge in [-0.15, -0.1) is 0 Å². The molecular formula is C15H18FN3O2. The van der Waals surface area contributed by atoms with Gasteiger partial charge in [0.25, 0.3) is 5.91 Å². The van der Waals surface area contributed by atoms with E-state index in [1.807, 2.05) is 6.92 Å². The number of rotatable bonds is 6. The molecule has 0 fully saturated rings. The molecule has 5 nitrogen and oxygen atoms in total. The molecule has 1 heterocycles. The number of hydrogen-bond donors (Lipinski definition) is 3. The summed E-state index contributed by atoms with van der Waals surface area (Å²) in [5, 5.41) is 18.1. The van der Waals surface area contributed by atoms with E-state index >= 15 is 0 Å². The summed E-state index contributed by atoms with van der Waals surface area (Å²) in [5.41, 5.74) is 0.971. The number of H-pyrrole nitrogens is 1. The highest BCUT2D eigenvalue weighted by molar-refractivity contribution is 5.99. The maximum Gasteiger partial charge on any atom is 0.255 e. The summed E-state index contributed by atoms with van der Waals surface area (Å²) in [6, 6.07) is 6.14. The van der Waals surface area contributed by atoms with E-state index in [0.717, 1.165) is 0 Å². The summed E-state index contributed by atoms with van der Waals surface area (Å²) in [4.78, 5) is 12.2. The predicted octanol–water partition coefficient (Wildman–Crippen LogP) is 2.11. The largest absolute Gasteiger partial charge is 0.396 e. The van der Waals surface area contributed by atoms with Crippen LogP contribution in [0.25, 0.3) is 11.3 Å². The van der Waals surface area contributed by atoms with Gasteiger partial charge in [-0.2, -0.15) is 5.10 Å². The Kier molecular flexibility index (Phi) is 5.05. The first kappa shape index (κ1) is 15.2. The van der Waals surface area contributed by atoms with Crippen LogP contribution in [-0.4, -0.2) is 33.9 Å². The minimum Gasteiger partial charge on any atom is -0.396 e. The van der Waals surface area contributed by atoms with E-state index < -0.39 is 5.82 Å². The maximum atomic E-state index is 13.8. The first-order chi connectivity index (χ1) is 10.1. The first-order valence-electron chi connectivity index (χ1n) is 6.83. The maximum absolute atomic E-state index is 13.8. The highest BCUT2D eigenvalue weighted by atomic mass is 19.1. The van der Waals surface area contributed by atoms with Crippen LogP contribution >= 0.6 is 0 Å². The molecule has 0 aliphatic carbocycles. The van der Waals surface area contributed by atoms with Crippen LogP contribution in [0.3, 0.4) is 0 Å². The number of carbonyl (C=O) groups is 1. The average molecular weight is 291 g/mol. The second kappa shape index (κ2) is 6.99. The van der Waals surface area contributed by atoms with E-state index in [1.54, 1.807) is 18.2 Å². The zero-order chi connectivity index (χ0) is 15.2. The van der Waals surface area contributed by atoms with Crippen molar-refractivity contribution in [3.63, 3.8) is 0 Å². The Morgan fingerprint density at radius 3 is 2.95 bits per heavy atom. The monoisotopic (exact) mass is 291 g/mol. The Hall–Kier alpha value is -2.21. The highest BCUT2D eigenvalue weighted by Gasteiger charge is 2.18. The van der Waals surface area contributed by atoms with Gasteiger partial charge in [0.15, 0.2) is 0 Å². The number of hydrogen-bond acceptors (Lipinski definition) is 3. The van der Waals surface area contributed by atoms with Crippen molar-refractivity contribution in [1.82, 2.24) is 15.5 Å². The number of amides is 1. The van der Waals surface area contributed by atoms with Gasteiger partial charge in [0, 0.05) is 18.2 Å². The van der Waals surface area contributed by atoms with E-state index in [4.69, 9.17) is 5.11 Å². The van der Waals surface area contributed by atoms with Crippen molar-refractivity contribution in [2.24, 2.45) is 0 Å². The molecule has 0 aliphatic heterocycles. The zero-order valence-electron chi connectivity index (χ0n) is 11.8. The molecule has 2 aromatic rings. The number of carbonyl (C=O) groups excluding carboxylic acids is 1. The van der Waals surface area contributed by atoms with Gasteiger partial charge in [-0.25, -0.2) is 4.39 Å². The Bertz CT molecular complexity index is 612. The van der Waals surface area contributed by atoms with E-state index in [1.165, 1.54) is 12.3 Å². The number of aliphatic hydroxyl groups excluding tert-OH is 1. The summed E-state index contributed by atoms with van der Waals surface area (Å²) >= 11 is 0. The quantitative estimate of drug-likeness (QED) is 0.762. The standard InChI is InChI=1S/C15H18FN3O2/c1-10(5-4-8-20)18-15(21)12-9-17-19-14(12)11-6-2-3-7-13(11)16/h2-3,6-7,9-10,20H,4-5,8H2,1H3,(H,17,19)(H,18,21). The summed E-state index contributed by atoms with van der Waals surface area (Å²) in [6.07, 6.45) is 2.68. The molecule has 0 bridgehead atoms. The summed E-state index contributed by atoms with van der Waals surface area (Å²) in [5.74, 6) is -0.725. The lowest BCUT2D eigenvalue weighted by atomic mass is 10.1. The van der Waals surface area contributed by atoms with Crippen LogP contribution in [0.4, 0.5) is 4.39 Å². The summed E-state index contributed by atoms with van der Waals surface area (Å²) in [7, 11) is 0. The molecule has 3 N–H and O–H groups in total. The van der Waals surface area contributed by atoms with Crippen molar-refractivity contribution in [2.75, 3.05) is 6.61 Å². The van der Waals surface area contributed by atoms with Crippen molar-refractivity contribution in [3.05, 3.63) is 41.8 Å². The molecule has 1 aromatic carbocycles. The van der Waals surface area contributed by atoms with Crippen LogP contribution in [0.1, 0.15) is 30.1 Å². The number of aromatic nitrogens is 2. The van der Waals surface area contributed by atoms with Crippen LogP contribution < -0.4 is 5.32 Å². The van der Waals surface area contributed by atoms with Gasteiger partial charge in [-0.1, -0.05) is 12.1 Å². The molecule has 21 heavy (non-hydrogen) atoms. The van der Waals surface area contributed by atoms with Gasteiger partial charge in [0.1, 0.15) is 5.82 Å². The Morgan fingerprint density at radius 1 is 1.48 bits per heavy atom. The lowest BCUT2D eigenvalue weighted by Gasteiger charge is -2.13. The van der Waals surface area contributed by atoms with Crippen molar-refractivity contribution in [3.8, 4) is 11.3 Å². The molecule has 1 aromatic heterocycles. The minimum atomic E-state index is -0.413. The molecular weight excluding hydrogens is 273 g/mol. The normalized spacial score (nSPS) is 12.1. The van der Waals surface area contributed by atoms with Crippen molar-refractivity contribution < 1.29 is 14.3 Å². The van der Waals surface area contributed by atoms with Gasteiger partial charge < -0.3 is 10.4 Å². The summed E-state index contributed by atoms with van der Waals surface area (Å²) in [6.45, 7) is 1.95. The molecule has 6 heteroatoms. The van der Waals surface area contributed by atoms with Crippen molar-refractivity contribution in [2.45, 2.75) is 25.8 Å². The van der Waals surface area contributed by atoms with E-state index in [9.17, 15) is 9.18 Å². The number of nitrogens with zero attached hydrogens (tertiary/aromatic N) is 1. The van der Waals surface area contributed by atoms with Gasteiger partial charge in [-0.05, 0) is 31.9 Å². The van der Waals surface area contributed by atoms with Crippen LogP contribution in [0.2, 0.25) is 0 Å². The number of aromatic amines is 1. The van der Waals surface area contributed by atoms with Crippen LogP contribution in [0, 0.1) is 5.82 Å². The Morgan fingerprint density at radius 2 is 2.24 bits per heavy atom. The van der Waals surface area contributed by atoms with Gasteiger partial charge >= 0.3 is 0 Å². The van der Waals surface area contributed by atoms with Crippen LogP contribution in [0.15, 0.2) is 30.5 Å². The smallest absolute Gasteiger partial charge is 0.255 e. The van der Waals surface area contributed by atoms with Crippen molar-refractivity contribution >= 4 is 5.91 Å². The number of aliphatic hydroxyl groups is 1. The van der Waals surface area contributed by atoms with E-state index in [2.05, 4.69) is 15.5 Å². The second-order valence-corrected chi connectivity index (χ2v) is 4.88. The molecule has 1 atom stereocenters. The molecule has 1 unspecified atom stereocenters. The van der Waals surface area contributed by atoms with Crippen molar-refractivity contribution in [1.29, 1.82) is 0 Å². The third-order valence-electron chi connectivity index (χ3n) is 3.20. The topological polar surface area (TPSA) is 78.0 Å². The molecule has 0 radical (unpaired) electrons. The van der Waals surface area contributed by atoms with E-state index in [-0.39, 0.29) is 18.6 Å². The van der Waals surface area contributed by atoms with Gasteiger partial charge in [0.2, 0.25) is 0 Å². The van der Waals surface area contributed by atoms with Crippen LogP contribution in [-0.2, 0) is 0 Å². The highest BCUT2D eigenvalue weighted by Crippen LogP contribution is 2.23. The average Bonchev–Trinajstić information content (AvgIpc) is 2.95. The molecule has 0 spiro atoms. The minimum absolute atomic E-state index is 0.0759. The Balaban J connectivity index is 2.17. The number of benzene rings is 1. The molecule has 0 aliphatic rings. The fourth-order valence-corrected chi connectivity index (χ4v) is 2.10. The first-order valence-corrected chi connectivity index (χ1v) is 6.83. The fourth-order valence-electron chi connectivity index (χ4n) is 2.10. The molecule has 0 saturated heterocycles. The third-order valence-corrected chi connectivity index (χ3v) is 3.20.